The first kappa shape index (κ1) is 29.6. The van der Waals surface area contributed by atoms with Crippen LogP contribution in [-0.4, -0.2) is 95.7 Å². The zero-order chi connectivity index (χ0) is 27.5. The van der Waals surface area contributed by atoms with Crippen molar-refractivity contribution in [3.8, 4) is 0 Å². The van der Waals surface area contributed by atoms with E-state index in [1.807, 2.05) is 0 Å². The Hall–Kier alpha value is -2.58. The van der Waals surface area contributed by atoms with Gasteiger partial charge in [0.1, 0.15) is 25.4 Å². The number of esters is 1. The molecule has 0 aromatic rings. The molecule has 16 heteroatoms. The number of imide groups is 1. The molecule has 3 atom stereocenters. The zero-order valence-electron chi connectivity index (χ0n) is 20.9. The number of cyclic esters (lactones) is 1. The van der Waals surface area contributed by atoms with Gasteiger partial charge in [-0.05, 0) is 20.8 Å². The second kappa shape index (κ2) is 10.8. The van der Waals surface area contributed by atoms with E-state index in [2.05, 4.69) is 10.1 Å². The number of carboxylic acid groups (broad SMARTS) is 1. The van der Waals surface area contributed by atoms with Gasteiger partial charge in [0.15, 0.2) is 6.10 Å². The number of carbonyl (C=O) groups excluding carboxylic acids is 4. The maximum Gasteiger partial charge on any atom is 0.573 e. The number of rotatable bonds is 8. The molecular weight excluding hydrogens is 507 g/mol. The van der Waals surface area contributed by atoms with Gasteiger partial charge in [0.05, 0.1) is 13.5 Å². The molecule has 0 aliphatic carbocycles. The smallest absolute Gasteiger partial charge is 0.479 e. The molecule has 2 fully saturated rings. The van der Waals surface area contributed by atoms with Crippen molar-refractivity contribution in [2.75, 3.05) is 33.5 Å². The zero-order valence-corrected chi connectivity index (χ0v) is 21.8. The van der Waals surface area contributed by atoms with E-state index in [1.54, 1.807) is 13.8 Å². The second-order valence-corrected chi connectivity index (χ2v) is 11.5. The predicted octanol–water partition coefficient (Wildman–Crippen LogP) is 1.00. The molecule has 2 aliphatic heterocycles. The van der Waals surface area contributed by atoms with Crippen LogP contribution in [0.3, 0.4) is 0 Å². The highest BCUT2D eigenvalue weighted by atomic mass is 31.2. The van der Waals surface area contributed by atoms with E-state index in [1.165, 1.54) is 27.9 Å². The molecule has 1 unspecified atom stereocenters. The number of amides is 3. The number of hydrogen-bond acceptors (Lipinski definition) is 12. The molecule has 36 heavy (non-hydrogen) atoms. The van der Waals surface area contributed by atoms with Crippen LogP contribution in [0.2, 0.25) is 0 Å². The summed E-state index contributed by atoms with van der Waals surface area (Å²) in [5, 5.41) is 12.4. The minimum absolute atomic E-state index is 0.0630. The molecule has 2 saturated heterocycles. The molecule has 0 aromatic carbocycles. The number of carboxylic acids is 1. The fourth-order valence-corrected chi connectivity index (χ4v) is 4.85. The van der Waals surface area contributed by atoms with Crippen molar-refractivity contribution in [1.29, 1.82) is 0 Å². The van der Waals surface area contributed by atoms with E-state index in [4.69, 9.17) is 23.0 Å². The molecule has 15 nitrogen and oxygen atoms in total. The average Bonchev–Trinajstić information content (AvgIpc) is 3.10. The number of aliphatic carboxylic acids is 1. The summed E-state index contributed by atoms with van der Waals surface area (Å²) in [6.45, 7) is 5.70. The van der Waals surface area contributed by atoms with Gasteiger partial charge in [0, 0.05) is 12.0 Å². The normalized spacial score (nSPS) is 27.7. The van der Waals surface area contributed by atoms with Crippen molar-refractivity contribution < 1.29 is 61.8 Å². The monoisotopic (exact) mass is 539 g/mol. The number of hydrogen-bond donors (Lipinski definition) is 3. The predicted molar refractivity (Wildman–Crippen MR) is 119 cm³/mol. The Balaban J connectivity index is 2.19. The summed E-state index contributed by atoms with van der Waals surface area (Å²) in [7, 11) is -3.12. The molecule has 0 bridgehead atoms. The molecule has 0 radical (unpaired) electrons. The van der Waals surface area contributed by atoms with E-state index >= 15 is 0 Å². The summed E-state index contributed by atoms with van der Waals surface area (Å²) >= 11 is 0. The molecule has 204 valence electrons. The van der Waals surface area contributed by atoms with Gasteiger partial charge in [0.25, 0.3) is 5.91 Å². The lowest BCUT2D eigenvalue weighted by molar-refractivity contribution is -0.153. The number of nitrogens with one attached hydrogen (secondary N) is 1. The van der Waals surface area contributed by atoms with Crippen LogP contribution in [-0.2, 0) is 42.2 Å². The van der Waals surface area contributed by atoms with Crippen molar-refractivity contribution in [3.63, 3.8) is 0 Å². The fourth-order valence-electron chi connectivity index (χ4n) is 3.14. The molecule has 0 spiro atoms. The third kappa shape index (κ3) is 6.79. The first-order valence-electron chi connectivity index (χ1n) is 10.8. The topological polar surface area (TPSA) is 196 Å². The van der Waals surface area contributed by atoms with Gasteiger partial charge in [0.2, 0.25) is 5.54 Å². The van der Waals surface area contributed by atoms with Crippen LogP contribution in [0, 0.1) is 5.41 Å². The summed E-state index contributed by atoms with van der Waals surface area (Å²) in [6.07, 6.45) is -3.99. The van der Waals surface area contributed by atoms with Crippen molar-refractivity contribution in [3.05, 3.63) is 0 Å². The Morgan fingerprint density at radius 3 is 2.42 bits per heavy atom. The van der Waals surface area contributed by atoms with Crippen LogP contribution in [0.1, 0.15) is 41.0 Å². The third-order valence-corrected chi connectivity index (χ3v) is 6.52. The average molecular weight is 539 g/mol. The molecule has 3 N–H and O–H groups in total. The van der Waals surface area contributed by atoms with Crippen molar-refractivity contribution in [2.45, 2.75) is 58.3 Å². The first-order chi connectivity index (χ1) is 16.5. The highest BCUT2D eigenvalue weighted by molar-refractivity contribution is 7.55. The van der Waals surface area contributed by atoms with Crippen molar-refractivity contribution in [1.82, 2.24) is 10.2 Å². The Kier molecular flexibility index (Phi) is 8.90. The molecule has 3 amide bonds. The largest absolute Gasteiger partial charge is 0.573 e. The molecule has 2 aliphatic rings. The van der Waals surface area contributed by atoms with Gasteiger partial charge < -0.3 is 24.6 Å². The maximum absolute atomic E-state index is 12.7. The van der Waals surface area contributed by atoms with Crippen LogP contribution in [0.5, 0.6) is 0 Å². The minimum atomic E-state index is -4.32. The van der Waals surface area contributed by atoms with Gasteiger partial charge in [-0.3, -0.25) is 9.59 Å². The quantitative estimate of drug-likeness (QED) is 0.225. The standard InChI is InChI=1S/C20H31N2O13P/c1-18(2,3)34-17(28)22-16(27)31-10-20(22,15(25)26)11-33-36(29)32-9-19(4,5)13(35-36)14(24)21-8-7-12(23)30-6/h13,29H,7-11H2,1-6H3,(H-,21,24,25,26)/p+1/t13-,20-,36?/m0/s1. The van der Waals surface area contributed by atoms with E-state index in [0.29, 0.717) is 0 Å². The Labute approximate surface area is 207 Å². The number of carbonyl (C=O) groups is 5. The van der Waals surface area contributed by atoms with Crippen LogP contribution >= 0.6 is 8.17 Å². The molecule has 0 aromatic heterocycles. The lowest BCUT2D eigenvalue weighted by Gasteiger charge is -2.37. The van der Waals surface area contributed by atoms with Gasteiger partial charge in [-0.15, -0.1) is 9.05 Å². The van der Waals surface area contributed by atoms with Crippen LogP contribution < -0.4 is 5.32 Å². The van der Waals surface area contributed by atoms with Gasteiger partial charge in [-0.2, -0.15) is 14.3 Å². The van der Waals surface area contributed by atoms with Crippen LogP contribution in [0.4, 0.5) is 9.59 Å². The molecule has 2 heterocycles. The maximum atomic E-state index is 12.7. The second-order valence-electron chi connectivity index (χ2n) is 9.81. The van der Waals surface area contributed by atoms with Gasteiger partial charge >= 0.3 is 32.3 Å². The summed E-state index contributed by atoms with van der Waals surface area (Å²) in [6, 6.07) is 0. The number of nitrogens with zero attached hydrogens (tertiary/aromatic N) is 1. The van der Waals surface area contributed by atoms with E-state index in [0.717, 1.165) is 0 Å². The molecule has 0 saturated carbocycles. The number of methoxy groups -OCH3 is 1. The summed E-state index contributed by atoms with van der Waals surface area (Å²) in [5.74, 6) is -2.91. The SMILES string of the molecule is COC(=O)CCNC(=O)[C@@H]1O[P+](O)(OC[C@]2(C(=O)O)COC(=O)N2C(=O)OC(C)(C)C)OCC1(C)C. The van der Waals surface area contributed by atoms with E-state index in [9.17, 15) is 34.0 Å². The highest BCUT2D eigenvalue weighted by Crippen LogP contribution is 2.64. The lowest BCUT2D eigenvalue weighted by Crippen LogP contribution is -2.60. The van der Waals surface area contributed by atoms with Gasteiger partial charge in [-0.25, -0.2) is 14.4 Å². The van der Waals surface area contributed by atoms with Crippen LogP contribution in [0.15, 0.2) is 0 Å². The third-order valence-electron chi connectivity index (χ3n) is 5.13. The number of ether oxygens (including phenoxy) is 3. The lowest BCUT2D eigenvalue weighted by atomic mass is 9.87. The summed E-state index contributed by atoms with van der Waals surface area (Å²) in [5.41, 5.74) is -4.43. The van der Waals surface area contributed by atoms with E-state index in [-0.39, 0.29) is 24.5 Å². The first-order valence-corrected chi connectivity index (χ1v) is 12.3. The molecular formula is C20H32N2O13P+. The van der Waals surface area contributed by atoms with Crippen molar-refractivity contribution >= 4 is 38.2 Å². The summed E-state index contributed by atoms with van der Waals surface area (Å²) < 4.78 is 30.5. The Bertz CT molecular complexity index is 905. The fraction of sp³-hybridized carbons (Fsp3) is 0.750. The Morgan fingerprint density at radius 2 is 1.86 bits per heavy atom. The minimum Gasteiger partial charge on any atom is -0.479 e. The van der Waals surface area contributed by atoms with Crippen LogP contribution in [0.25, 0.3) is 0 Å². The van der Waals surface area contributed by atoms with Crippen molar-refractivity contribution in [2.24, 2.45) is 5.41 Å². The molecule has 2 rings (SSSR count). The summed E-state index contributed by atoms with van der Waals surface area (Å²) in [4.78, 5) is 72.1. The van der Waals surface area contributed by atoms with Gasteiger partial charge in [-0.1, -0.05) is 13.8 Å². The van der Waals surface area contributed by atoms with E-state index < -0.39 is 74.1 Å². The Morgan fingerprint density at radius 1 is 1.22 bits per heavy atom. The highest BCUT2D eigenvalue weighted by Gasteiger charge is 2.64.